The fourth-order valence-corrected chi connectivity index (χ4v) is 3.35. The minimum atomic E-state index is 0.593. The molecule has 0 spiro atoms. The molecule has 0 bridgehead atoms. The summed E-state index contributed by atoms with van der Waals surface area (Å²) in [6.45, 7) is 0. The molecule has 1 aromatic heterocycles. The van der Waals surface area contributed by atoms with Gasteiger partial charge in [0.2, 0.25) is 0 Å². The van der Waals surface area contributed by atoms with Crippen LogP contribution >= 0.6 is 34.2 Å². The van der Waals surface area contributed by atoms with Crippen molar-refractivity contribution in [2.75, 3.05) is 0 Å². The molecular weight excluding hydrogens is 447 g/mol. The third-order valence-electron chi connectivity index (χ3n) is 3.75. The molecule has 3 aromatic carbocycles. The molecule has 0 atom stereocenters. The van der Waals surface area contributed by atoms with E-state index in [9.17, 15) is 0 Å². The first-order valence-corrected chi connectivity index (χ1v) is 9.08. The van der Waals surface area contributed by atoms with E-state index in [1.165, 1.54) is 0 Å². The maximum atomic E-state index is 6.32. The molecule has 25 heavy (non-hydrogen) atoms. The topological polar surface area (TPSA) is 43.1 Å². The molecule has 6 heteroatoms. The third kappa shape index (κ3) is 3.17. The molecule has 4 aromatic rings. The predicted octanol–water partition coefficient (Wildman–Crippen LogP) is 5.32. The maximum absolute atomic E-state index is 6.32. The molecule has 0 aliphatic carbocycles. The van der Waals surface area contributed by atoms with Crippen LogP contribution in [0.2, 0.25) is 5.02 Å². The summed E-state index contributed by atoms with van der Waals surface area (Å²) in [6.07, 6.45) is 0. The molecule has 4 nitrogen and oxygen atoms in total. The van der Waals surface area contributed by atoms with Crippen molar-refractivity contribution in [1.29, 1.82) is 0 Å². The van der Waals surface area contributed by atoms with Crippen molar-refractivity contribution in [2.45, 2.75) is 0 Å². The van der Waals surface area contributed by atoms with E-state index in [2.05, 4.69) is 32.9 Å². The Morgan fingerprint density at radius 3 is 2.48 bits per heavy atom. The number of aromatic nitrogens is 3. The lowest BCUT2D eigenvalue weighted by atomic mass is 10.2. The number of benzene rings is 3. The van der Waals surface area contributed by atoms with Crippen LogP contribution in [0.1, 0.15) is 5.56 Å². The number of hydrogen-bond donors (Lipinski definition) is 0. The van der Waals surface area contributed by atoms with Crippen molar-refractivity contribution in [2.24, 2.45) is 4.99 Å². The SMILES string of the molecule is Clc1ccccc1/N=C(\c1ccccc1I)n1nnc2ccccc21. The van der Waals surface area contributed by atoms with Gasteiger partial charge in [0.05, 0.1) is 16.2 Å². The molecule has 0 aliphatic heterocycles. The van der Waals surface area contributed by atoms with E-state index in [1.54, 1.807) is 4.68 Å². The number of hydrogen-bond acceptors (Lipinski definition) is 3. The summed E-state index contributed by atoms with van der Waals surface area (Å²) in [6, 6.07) is 23.4. The van der Waals surface area contributed by atoms with Gasteiger partial charge in [0.25, 0.3) is 0 Å². The number of nitrogens with zero attached hydrogens (tertiary/aromatic N) is 4. The van der Waals surface area contributed by atoms with Gasteiger partial charge in [-0.25, -0.2) is 4.99 Å². The summed E-state index contributed by atoms with van der Waals surface area (Å²) in [4.78, 5) is 4.82. The lowest BCUT2D eigenvalue weighted by Gasteiger charge is -2.10. The molecule has 4 rings (SSSR count). The van der Waals surface area contributed by atoms with Crippen LogP contribution in [0.5, 0.6) is 0 Å². The second-order valence-corrected chi connectivity index (χ2v) is 6.93. The van der Waals surface area contributed by atoms with Crippen molar-refractivity contribution >= 4 is 56.7 Å². The summed E-state index contributed by atoms with van der Waals surface area (Å²) in [7, 11) is 0. The smallest absolute Gasteiger partial charge is 0.164 e. The fourth-order valence-electron chi connectivity index (χ4n) is 2.55. The van der Waals surface area contributed by atoms with Gasteiger partial charge < -0.3 is 0 Å². The molecule has 0 fully saturated rings. The molecule has 0 N–H and O–H groups in total. The van der Waals surface area contributed by atoms with Crippen LogP contribution in [-0.2, 0) is 0 Å². The van der Waals surface area contributed by atoms with E-state index >= 15 is 0 Å². The van der Waals surface area contributed by atoms with Crippen LogP contribution in [0.15, 0.2) is 77.8 Å². The number of aliphatic imine (C=N–C) groups is 1. The van der Waals surface area contributed by atoms with Crippen LogP contribution in [0.25, 0.3) is 11.0 Å². The highest BCUT2D eigenvalue weighted by Gasteiger charge is 2.15. The lowest BCUT2D eigenvalue weighted by Crippen LogP contribution is -2.16. The molecular formula is C19H12ClIN4. The minimum absolute atomic E-state index is 0.593. The zero-order valence-electron chi connectivity index (χ0n) is 13.0. The summed E-state index contributed by atoms with van der Waals surface area (Å²) >= 11 is 8.62. The van der Waals surface area contributed by atoms with Crippen molar-refractivity contribution < 1.29 is 0 Å². The number of rotatable bonds is 2. The van der Waals surface area contributed by atoms with Gasteiger partial charge in [-0.3, -0.25) is 0 Å². The van der Waals surface area contributed by atoms with Gasteiger partial charge in [-0.1, -0.05) is 59.3 Å². The molecule has 0 saturated heterocycles. The number of para-hydroxylation sites is 2. The first kappa shape index (κ1) is 16.2. The average Bonchev–Trinajstić information content (AvgIpc) is 3.06. The number of fused-ring (bicyclic) bond motifs is 1. The van der Waals surface area contributed by atoms with Crippen LogP contribution in [0.3, 0.4) is 0 Å². The molecule has 0 amide bonds. The van der Waals surface area contributed by atoms with Crippen molar-refractivity contribution in [3.63, 3.8) is 0 Å². The van der Waals surface area contributed by atoms with E-state index in [1.807, 2.05) is 72.8 Å². The van der Waals surface area contributed by atoms with Crippen molar-refractivity contribution in [3.05, 3.63) is 87.0 Å². The summed E-state index contributed by atoms with van der Waals surface area (Å²) in [5.41, 5.74) is 3.38. The van der Waals surface area contributed by atoms with E-state index in [-0.39, 0.29) is 0 Å². The van der Waals surface area contributed by atoms with Crippen LogP contribution < -0.4 is 0 Å². The summed E-state index contributed by atoms with van der Waals surface area (Å²) in [5.74, 6) is 0.687. The van der Waals surface area contributed by atoms with Gasteiger partial charge in [-0.15, -0.1) is 5.10 Å². The third-order valence-corrected chi connectivity index (χ3v) is 5.01. The molecule has 0 radical (unpaired) electrons. The summed E-state index contributed by atoms with van der Waals surface area (Å²) < 4.78 is 2.83. The van der Waals surface area contributed by atoms with Gasteiger partial charge in [-0.05, 0) is 52.9 Å². The Kier molecular flexibility index (Phi) is 4.50. The van der Waals surface area contributed by atoms with Crippen molar-refractivity contribution in [3.8, 4) is 0 Å². The fraction of sp³-hybridized carbons (Fsp3) is 0. The Balaban J connectivity index is 2.00. The van der Waals surface area contributed by atoms with Crippen LogP contribution in [0, 0.1) is 3.57 Å². The Morgan fingerprint density at radius 1 is 0.920 bits per heavy atom. The van der Waals surface area contributed by atoms with Gasteiger partial charge in [0.1, 0.15) is 5.52 Å². The second-order valence-electron chi connectivity index (χ2n) is 5.36. The van der Waals surface area contributed by atoms with E-state index in [0.29, 0.717) is 16.5 Å². The van der Waals surface area contributed by atoms with Gasteiger partial charge in [0.15, 0.2) is 5.84 Å². The van der Waals surface area contributed by atoms with E-state index < -0.39 is 0 Å². The standard InChI is InChI=1S/C19H12ClIN4/c20-14-8-2-4-10-16(14)22-19(13-7-1-3-9-15(13)21)25-18-12-6-5-11-17(18)23-24-25/h1-12H/b22-19+. The van der Waals surface area contributed by atoms with E-state index in [4.69, 9.17) is 16.6 Å². The molecule has 1 heterocycles. The van der Waals surface area contributed by atoms with Crippen LogP contribution in [-0.4, -0.2) is 20.8 Å². The molecule has 0 unspecified atom stereocenters. The van der Waals surface area contributed by atoms with Gasteiger partial charge in [-0.2, -0.15) is 4.68 Å². The Labute approximate surface area is 163 Å². The first-order valence-electron chi connectivity index (χ1n) is 7.63. The highest BCUT2D eigenvalue weighted by molar-refractivity contribution is 14.1. The van der Waals surface area contributed by atoms with E-state index in [0.717, 1.165) is 20.2 Å². The Bertz CT molecular complexity index is 1090. The minimum Gasteiger partial charge on any atom is -0.227 e. The second kappa shape index (κ2) is 6.93. The first-order chi connectivity index (χ1) is 12.2. The highest BCUT2D eigenvalue weighted by atomic mass is 127. The monoisotopic (exact) mass is 458 g/mol. The zero-order valence-corrected chi connectivity index (χ0v) is 15.9. The predicted molar refractivity (Wildman–Crippen MR) is 110 cm³/mol. The largest absolute Gasteiger partial charge is 0.227 e. The Morgan fingerprint density at radius 2 is 1.64 bits per heavy atom. The molecule has 122 valence electrons. The molecule has 0 saturated carbocycles. The average molecular weight is 459 g/mol. The maximum Gasteiger partial charge on any atom is 0.164 e. The Hall–Kier alpha value is -2.25. The molecule has 0 aliphatic rings. The van der Waals surface area contributed by atoms with Gasteiger partial charge in [0, 0.05) is 9.13 Å². The normalized spacial score (nSPS) is 11.8. The lowest BCUT2D eigenvalue weighted by molar-refractivity contribution is 0.861. The van der Waals surface area contributed by atoms with Crippen molar-refractivity contribution in [1.82, 2.24) is 15.0 Å². The van der Waals surface area contributed by atoms with Crippen LogP contribution in [0.4, 0.5) is 5.69 Å². The quantitative estimate of drug-likeness (QED) is 0.232. The highest BCUT2D eigenvalue weighted by Crippen LogP contribution is 2.26. The summed E-state index contributed by atoms with van der Waals surface area (Å²) in [5, 5.41) is 9.18. The zero-order chi connectivity index (χ0) is 17.2. The van der Waals surface area contributed by atoms with Gasteiger partial charge >= 0.3 is 0 Å². The number of halogens is 2.